The van der Waals surface area contributed by atoms with Crippen LogP contribution in [-0.2, 0) is 11.3 Å². The van der Waals surface area contributed by atoms with Gasteiger partial charge in [0.15, 0.2) is 0 Å². The molecular weight excluding hydrogens is 406 g/mol. The van der Waals surface area contributed by atoms with E-state index in [0.29, 0.717) is 0 Å². The first kappa shape index (κ1) is 21.6. The summed E-state index contributed by atoms with van der Waals surface area (Å²) >= 11 is 1.79. The lowest BCUT2D eigenvalue weighted by Crippen LogP contribution is -2.47. The van der Waals surface area contributed by atoms with Crippen molar-refractivity contribution in [3.63, 3.8) is 0 Å². The Morgan fingerprint density at radius 3 is 2.65 bits per heavy atom. The molecule has 3 aromatic rings. The number of hydrogen-bond donors (Lipinski definition) is 0. The summed E-state index contributed by atoms with van der Waals surface area (Å²) in [5.74, 6) is 1.14. The lowest BCUT2D eigenvalue weighted by Gasteiger charge is -2.33. The van der Waals surface area contributed by atoms with Crippen molar-refractivity contribution < 1.29 is 4.79 Å². The lowest BCUT2D eigenvalue weighted by atomic mass is 10.2. The Morgan fingerprint density at radius 2 is 1.97 bits per heavy atom. The summed E-state index contributed by atoms with van der Waals surface area (Å²) in [7, 11) is 0. The molecule has 1 aliphatic heterocycles. The minimum absolute atomic E-state index is 0.0906. The van der Waals surface area contributed by atoms with Crippen LogP contribution in [-0.4, -0.2) is 56.2 Å². The second-order valence-electron chi connectivity index (χ2n) is 8.40. The molecule has 4 rings (SSSR count). The Balaban J connectivity index is 1.41. The summed E-state index contributed by atoms with van der Waals surface area (Å²) in [4.78, 5) is 18.5. The molecule has 0 aliphatic carbocycles. The number of hydrogen-bond acceptors (Lipinski definition) is 4. The molecular formula is C24H31N5OS. The number of thiophene rings is 1. The fourth-order valence-corrected chi connectivity index (χ4v) is 4.95. The second kappa shape index (κ2) is 9.24. The van der Waals surface area contributed by atoms with Crippen molar-refractivity contribution in [3.8, 4) is 5.82 Å². The predicted molar refractivity (Wildman–Crippen MR) is 127 cm³/mol. The number of piperazine rings is 1. The minimum atomic E-state index is 0.0906. The van der Waals surface area contributed by atoms with E-state index in [9.17, 15) is 4.79 Å². The first-order valence-electron chi connectivity index (χ1n) is 10.9. The average Bonchev–Trinajstić information content (AvgIpc) is 3.48. The van der Waals surface area contributed by atoms with Gasteiger partial charge in [-0.3, -0.25) is 9.69 Å². The van der Waals surface area contributed by atoms with Crippen molar-refractivity contribution in [1.29, 1.82) is 0 Å². The largest absolute Gasteiger partial charge is 0.337 e. The van der Waals surface area contributed by atoms with Gasteiger partial charge < -0.3 is 9.47 Å². The summed E-state index contributed by atoms with van der Waals surface area (Å²) in [6.07, 6.45) is 5.52. The molecule has 164 valence electrons. The fraction of sp³-hybridized carbons (Fsp3) is 0.417. The third-order valence-electron chi connectivity index (χ3n) is 5.89. The molecule has 0 atom stereocenters. The van der Waals surface area contributed by atoms with Crippen LogP contribution >= 0.6 is 11.3 Å². The second-order valence-corrected chi connectivity index (χ2v) is 9.44. The van der Waals surface area contributed by atoms with Crippen LogP contribution in [0.1, 0.15) is 41.7 Å². The van der Waals surface area contributed by atoms with Gasteiger partial charge >= 0.3 is 0 Å². The third kappa shape index (κ3) is 4.67. The van der Waals surface area contributed by atoms with Gasteiger partial charge in [-0.1, -0.05) is 6.07 Å². The smallest absolute Gasteiger partial charge is 0.246 e. The zero-order valence-corrected chi connectivity index (χ0v) is 19.6. The van der Waals surface area contributed by atoms with Crippen molar-refractivity contribution in [2.75, 3.05) is 26.2 Å². The highest BCUT2D eigenvalue weighted by atomic mass is 32.1. The Hall–Kier alpha value is -2.64. The molecule has 0 N–H and O–H groups in total. The number of amides is 1. The molecule has 0 radical (unpaired) electrons. The minimum Gasteiger partial charge on any atom is -0.337 e. The maximum Gasteiger partial charge on any atom is 0.246 e. The SMILES string of the molecule is Cc1cc(C=CC(=O)N2CCN(Cc3cccs3)CC2)c(C)n1-c1ccnn1C(C)C. The summed E-state index contributed by atoms with van der Waals surface area (Å²) in [6, 6.07) is 8.72. The van der Waals surface area contributed by atoms with E-state index in [0.717, 1.165) is 55.5 Å². The van der Waals surface area contributed by atoms with Gasteiger partial charge in [-0.05, 0) is 56.8 Å². The number of nitrogens with zero attached hydrogens (tertiary/aromatic N) is 5. The first-order valence-corrected chi connectivity index (χ1v) is 11.8. The van der Waals surface area contributed by atoms with Crippen LogP contribution < -0.4 is 0 Å². The normalized spacial score (nSPS) is 15.5. The zero-order valence-electron chi connectivity index (χ0n) is 18.8. The molecule has 0 spiro atoms. The van der Waals surface area contributed by atoms with Crippen LogP contribution in [0.5, 0.6) is 0 Å². The average molecular weight is 438 g/mol. The summed E-state index contributed by atoms with van der Waals surface area (Å²) in [5, 5.41) is 6.58. The molecule has 1 aliphatic rings. The number of aryl methyl sites for hydroxylation is 1. The first-order chi connectivity index (χ1) is 14.9. The number of carbonyl (C=O) groups excluding carboxylic acids is 1. The van der Waals surface area contributed by atoms with Crippen molar-refractivity contribution in [2.24, 2.45) is 0 Å². The maximum absolute atomic E-state index is 12.8. The molecule has 1 amide bonds. The Kier molecular flexibility index (Phi) is 6.43. The van der Waals surface area contributed by atoms with E-state index in [4.69, 9.17) is 0 Å². The standard InChI is InChI=1S/C24H31N5OS/c1-18(2)29-23(9-10-25-29)28-19(3)16-21(20(28)4)7-8-24(30)27-13-11-26(12-14-27)17-22-6-5-15-31-22/h5-10,15-16,18H,11-14,17H2,1-4H3. The number of rotatable bonds is 6. The number of carbonyl (C=O) groups is 1. The third-order valence-corrected chi connectivity index (χ3v) is 6.75. The highest BCUT2D eigenvalue weighted by Crippen LogP contribution is 2.23. The van der Waals surface area contributed by atoms with Crippen LogP contribution in [0.3, 0.4) is 0 Å². The fourth-order valence-electron chi connectivity index (χ4n) is 4.21. The van der Waals surface area contributed by atoms with Gasteiger partial charge in [0.05, 0.1) is 6.20 Å². The van der Waals surface area contributed by atoms with E-state index >= 15 is 0 Å². The molecule has 1 saturated heterocycles. The van der Waals surface area contributed by atoms with Crippen LogP contribution in [0.15, 0.2) is 41.9 Å². The van der Waals surface area contributed by atoms with Gasteiger partial charge in [-0.25, -0.2) is 4.68 Å². The molecule has 3 aromatic heterocycles. The summed E-state index contributed by atoms with van der Waals surface area (Å²) < 4.78 is 4.23. The quantitative estimate of drug-likeness (QED) is 0.541. The topological polar surface area (TPSA) is 46.3 Å². The van der Waals surface area contributed by atoms with Gasteiger partial charge in [0.2, 0.25) is 5.91 Å². The highest BCUT2D eigenvalue weighted by molar-refractivity contribution is 7.09. The Bertz CT molecular complexity index is 1050. The van der Waals surface area contributed by atoms with E-state index in [1.54, 1.807) is 17.4 Å². The van der Waals surface area contributed by atoms with Crippen LogP contribution in [0, 0.1) is 13.8 Å². The molecule has 6 nitrogen and oxygen atoms in total. The van der Waals surface area contributed by atoms with Crippen LogP contribution in [0.2, 0.25) is 0 Å². The number of aromatic nitrogens is 3. The zero-order chi connectivity index (χ0) is 22.0. The van der Waals surface area contributed by atoms with Crippen molar-refractivity contribution in [3.05, 3.63) is 63.7 Å². The Morgan fingerprint density at radius 1 is 1.19 bits per heavy atom. The van der Waals surface area contributed by atoms with Gasteiger partial charge in [0.25, 0.3) is 0 Å². The molecule has 0 unspecified atom stereocenters. The van der Waals surface area contributed by atoms with E-state index in [1.807, 2.05) is 27.9 Å². The molecule has 7 heteroatoms. The van der Waals surface area contributed by atoms with Crippen LogP contribution in [0.4, 0.5) is 0 Å². The van der Waals surface area contributed by atoms with Gasteiger partial charge in [0, 0.05) is 67.2 Å². The van der Waals surface area contributed by atoms with E-state index < -0.39 is 0 Å². The van der Waals surface area contributed by atoms with Crippen molar-refractivity contribution in [2.45, 2.75) is 40.3 Å². The van der Waals surface area contributed by atoms with E-state index in [1.165, 1.54) is 4.88 Å². The van der Waals surface area contributed by atoms with Gasteiger partial charge in [0.1, 0.15) is 5.82 Å². The van der Waals surface area contributed by atoms with Gasteiger partial charge in [-0.15, -0.1) is 11.3 Å². The molecule has 0 saturated carbocycles. The van der Waals surface area contributed by atoms with E-state index in [-0.39, 0.29) is 11.9 Å². The highest BCUT2D eigenvalue weighted by Gasteiger charge is 2.20. The molecule has 4 heterocycles. The Labute approximate surface area is 188 Å². The summed E-state index contributed by atoms with van der Waals surface area (Å²) in [6.45, 7) is 12.8. The maximum atomic E-state index is 12.8. The molecule has 31 heavy (non-hydrogen) atoms. The lowest BCUT2D eigenvalue weighted by molar-refractivity contribution is -0.127. The van der Waals surface area contributed by atoms with E-state index in [2.05, 4.69) is 65.8 Å². The van der Waals surface area contributed by atoms with Crippen molar-refractivity contribution in [1.82, 2.24) is 24.1 Å². The molecule has 0 aromatic carbocycles. The van der Waals surface area contributed by atoms with Crippen molar-refractivity contribution >= 4 is 23.3 Å². The summed E-state index contributed by atoms with van der Waals surface area (Å²) in [5.41, 5.74) is 3.32. The van der Waals surface area contributed by atoms with Crippen LogP contribution in [0.25, 0.3) is 11.9 Å². The monoisotopic (exact) mass is 437 g/mol. The molecule has 1 fully saturated rings. The van der Waals surface area contributed by atoms with Gasteiger partial charge in [-0.2, -0.15) is 5.10 Å². The molecule has 0 bridgehead atoms. The predicted octanol–water partition coefficient (Wildman–Crippen LogP) is 4.29.